The highest BCUT2D eigenvalue weighted by molar-refractivity contribution is 7.80. The molecule has 0 fully saturated rings. The third-order valence-corrected chi connectivity index (χ3v) is 3.92. The Balaban J connectivity index is 1.58. The molecule has 0 amide bonds. The molecule has 7 heteroatoms. The van der Waals surface area contributed by atoms with Crippen molar-refractivity contribution in [1.82, 2.24) is 5.32 Å². The molecule has 0 saturated heterocycles. The Morgan fingerprint density at radius 3 is 2.73 bits per heavy atom. The van der Waals surface area contributed by atoms with E-state index >= 15 is 0 Å². The van der Waals surface area contributed by atoms with Crippen LogP contribution in [0.3, 0.4) is 0 Å². The van der Waals surface area contributed by atoms with Gasteiger partial charge in [-0.15, -0.1) is 0 Å². The third kappa shape index (κ3) is 3.55. The molecule has 114 valence electrons. The van der Waals surface area contributed by atoms with Crippen LogP contribution >= 0.6 is 35.4 Å². The number of anilines is 1. The summed E-state index contributed by atoms with van der Waals surface area (Å²) in [6, 6.07) is 10.9. The van der Waals surface area contributed by atoms with E-state index in [4.69, 9.17) is 44.9 Å². The fourth-order valence-electron chi connectivity index (χ4n) is 1.99. The predicted octanol–water partition coefficient (Wildman–Crippen LogP) is 4.21. The Bertz CT molecular complexity index is 725. The van der Waals surface area contributed by atoms with Gasteiger partial charge >= 0.3 is 0 Å². The van der Waals surface area contributed by atoms with Gasteiger partial charge in [0.05, 0.1) is 0 Å². The molecule has 2 aromatic carbocycles. The van der Waals surface area contributed by atoms with E-state index in [0.29, 0.717) is 27.5 Å². The van der Waals surface area contributed by atoms with E-state index in [1.165, 1.54) is 0 Å². The van der Waals surface area contributed by atoms with Crippen molar-refractivity contribution < 1.29 is 9.47 Å². The molecule has 0 unspecified atom stereocenters. The minimum atomic E-state index is 0.247. The fraction of sp³-hybridized carbons (Fsp3) is 0.133. The summed E-state index contributed by atoms with van der Waals surface area (Å²) in [5.41, 5.74) is 1.74. The molecule has 0 aliphatic carbocycles. The summed E-state index contributed by atoms with van der Waals surface area (Å²) in [6.45, 7) is 0.753. The second kappa shape index (κ2) is 6.60. The smallest absolute Gasteiger partial charge is 0.231 e. The van der Waals surface area contributed by atoms with Gasteiger partial charge in [0.25, 0.3) is 0 Å². The molecule has 0 saturated carbocycles. The van der Waals surface area contributed by atoms with E-state index in [0.717, 1.165) is 17.0 Å². The average Bonchev–Trinajstić information content (AvgIpc) is 2.94. The van der Waals surface area contributed by atoms with Crippen LogP contribution in [0.25, 0.3) is 0 Å². The Labute approximate surface area is 143 Å². The number of hydrogen-bond acceptors (Lipinski definition) is 3. The molecule has 22 heavy (non-hydrogen) atoms. The summed E-state index contributed by atoms with van der Waals surface area (Å²) in [7, 11) is 0. The molecule has 1 aliphatic heterocycles. The lowest BCUT2D eigenvalue weighted by Crippen LogP contribution is -2.27. The molecule has 3 rings (SSSR count). The molecule has 1 heterocycles. The highest BCUT2D eigenvalue weighted by Crippen LogP contribution is 2.34. The van der Waals surface area contributed by atoms with Gasteiger partial charge in [-0.25, -0.2) is 0 Å². The molecule has 0 aromatic heterocycles. The number of thiocarbonyl (C=S) groups is 1. The number of benzene rings is 2. The lowest BCUT2D eigenvalue weighted by Gasteiger charge is -2.12. The van der Waals surface area contributed by atoms with Crippen molar-refractivity contribution in [2.75, 3.05) is 12.1 Å². The number of halogens is 2. The lowest BCUT2D eigenvalue weighted by molar-refractivity contribution is 0.174. The highest BCUT2D eigenvalue weighted by atomic mass is 35.5. The molecule has 2 aromatic rings. The topological polar surface area (TPSA) is 42.5 Å². The van der Waals surface area contributed by atoms with Crippen LogP contribution in [0, 0.1) is 0 Å². The van der Waals surface area contributed by atoms with Gasteiger partial charge in [-0.05, 0) is 42.0 Å². The number of ether oxygens (including phenoxy) is 2. The van der Waals surface area contributed by atoms with Gasteiger partial charge < -0.3 is 20.1 Å². The zero-order valence-electron chi connectivity index (χ0n) is 11.4. The Morgan fingerprint density at radius 2 is 1.91 bits per heavy atom. The minimum Gasteiger partial charge on any atom is -0.454 e. The summed E-state index contributed by atoms with van der Waals surface area (Å²) < 4.78 is 10.6. The second-order valence-electron chi connectivity index (χ2n) is 4.61. The zero-order chi connectivity index (χ0) is 15.5. The Morgan fingerprint density at radius 1 is 1.09 bits per heavy atom. The monoisotopic (exact) mass is 354 g/mol. The number of hydrogen-bond donors (Lipinski definition) is 2. The van der Waals surface area contributed by atoms with E-state index in [1.54, 1.807) is 12.1 Å². The van der Waals surface area contributed by atoms with Gasteiger partial charge in [-0.3, -0.25) is 0 Å². The second-order valence-corrected chi connectivity index (χ2v) is 5.86. The van der Waals surface area contributed by atoms with Gasteiger partial charge in [-0.1, -0.05) is 29.3 Å². The van der Waals surface area contributed by atoms with Gasteiger partial charge in [-0.2, -0.15) is 0 Å². The lowest BCUT2D eigenvalue weighted by atomic mass is 10.2. The number of nitrogens with one attached hydrogen (secondary N) is 2. The first-order chi connectivity index (χ1) is 10.6. The van der Waals surface area contributed by atoms with Crippen molar-refractivity contribution in [3.05, 3.63) is 52.0 Å². The van der Waals surface area contributed by atoms with Crippen LogP contribution in [-0.2, 0) is 6.54 Å². The van der Waals surface area contributed by atoms with Gasteiger partial charge in [0, 0.05) is 28.3 Å². The van der Waals surface area contributed by atoms with Crippen LogP contribution in [0.4, 0.5) is 5.69 Å². The average molecular weight is 355 g/mol. The van der Waals surface area contributed by atoms with E-state index in [2.05, 4.69) is 10.6 Å². The number of rotatable bonds is 3. The molecule has 0 atom stereocenters. The quantitative estimate of drug-likeness (QED) is 0.808. The van der Waals surface area contributed by atoms with Crippen molar-refractivity contribution in [3.8, 4) is 11.5 Å². The van der Waals surface area contributed by atoms with Crippen LogP contribution in [-0.4, -0.2) is 11.9 Å². The first kappa shape index (κ1) is 15.2. The number of fused-ring (bicyclic) bond motifs is 1. The molecule has 0 radical (unpaired) electrons. The molecule has 0 bridgehead atoms. The molecule has 4 nitrogen and oxygen atoms in total. The third-order valence-electron chi connectivity index (χ3n) is 3.08. The molecular formula is C15H12Cl2N2O2S. The summed E-state index contributed by atoms with van der Waals surface area (Å²) in [6.07, 6.45) is 0. The van der Waals surface area contributed by atoms with E-state index < -0.39 is 0 Å². The Kier molecular flexibility index (Phi) is 4.57. The molecule has 2 N–H and O–H groups in total. The van der Waals surface area contributed by atoms with Crippen LogP contribution in [0.1, 0.15) is 5.56 Å². The van der Waals surface area contributed by atoms with Crippen LogP contribution in [0.5, 0.6) is 11.5 Å². The maximum Gasteiger partial charge on any atom is 0.231 e. The molecular weight excluding hydrogens is 343 g/mol. The normalized spacial score (nSPS) is 12.1. The van der Waals surface area contributed by atoms with E-state index in [-0.39, 0.29) is 6.79 Å². The maximum absolute atomic E-state index is 6.12. The summed E-state index contributed by atoms with van der Waals surface area (Å²) >= 11 is 17.3. The summed E-state index contributed by atoms with van der Waals surface area (Å²) in [4.78, 5) is 0. The maximum atomic E-state index is 6.12. The molecule has 1 aliphatic rings. The van der Waals surface area contributed by atoms with Crippen LogP contribution < -0.4 is 20.1 Å². The van der Waals surface area contributed by atoms with Crippen molar-refractivity contribution in [1.29, 1.82) is 0 Å². The standard InChI is InChI=1S/C15H12Cl2N2O2S/c16-10-2-1-9(12(17)5-10)7-18-15(22)19-11-3-4-13-14(6-11)21-8-20-13/h1-6H,7-8H2,(H2,18,19,22). The fourth-order valence-corrected chi connectivity index (χ4v) is 2.66. The van der Waals surface area contributed by atoms with Gasteiger partial charge in [0.15, 0.2) is 16.6 Å². The Hall–Kier alpha value is -1.69. The summed E-state index contributed by atoms with van der Waals surface area (Å²) in [5, 5.41) is 7.88. The zero-order valence-corrected chi connectivity index (χ0v) is 13.7. The first-order valence-corrected chi connectivity index (χ1v) is 7.67. The highest BCUT2D eigenvalue weighted by Gasteiger charge is 2.13. The molecule has 0 spiro atoms. The van der Waals surface area contributed by atoms with Crippen molar-refractivity contribution in [2.45, 2.75) is 6.54 Å². The summed E-state index contributed by atoms with van der Waals surface area (Å²) in [5.74, 6) is 1.44. The first-order valence-electron chi connectivity index (χ1n) is 6.50. The van der Waals surface area contributed by atoms with Gasteiger partial charge in [0.2, 0.25) is 6.79 Å². The van der Waals surface area contributed by atoms with Crippen LogP contribution in [0.15, 0.2) is 36.4 Å². The van der Waals surface area contributed by atoms with Gasteiger partial charge in [0.1, 0.15) is 0 Å². The largest absolute Gasteiger partial charge is 0.454 e. The van der Waals surface area contributed by atoms with Crippen molar-refractivity contribution in [2.24, 2.45) is 0 Å². The minimum absolute atomic E-state index is 0.247. The van der Waals surface area contributed by atoms with Crippen molar-refractivity contribution in [3.63, 3.8) is 0 Å². The van der Waals surface area contributed by atoms with E-state index in [1.807, 2.05) is 24.3 Å². The van der Waals surface area contributed by atoms with E-state index in [9.17, 15) is 0 Å². The SMILES string of the molecule is S=C(NCc1ccc(Cl)cc1Cl)Nc1ccc2c(c1)OCO2. The van der Waals surface area contributed by atoms with Crippen molar-refractivity contribution >= 4 is 46.2 Å². The van der Waals surface area contributed by atoms with Crippen LogP contribution in [0.2, 0.25) is 10.0 Å². The predicted molar refractivity (Wildman–Crippen MR) is 92.1 cm³/mol.